The highest BCUT2D eigenvalue weighted by Gasteiger charge is 2.36. The zero-order chi connectivity index (χ0) is 16.3. The van der Waals surface area contributed by atoms with Gasteiger partial charge in [-0.25, -0.2) is 4.39 Å². The molecule has 1 unspecified atom stereocenters. The standard InChI is InChI=1S/C19H22FNO2/c1-19(11-6-12-21-19)17-15(22-2)9-10-16(18(17)20)23-13-14-7-4-3-5-8-14/h3-5,7-10,21H,6,11-13H2,1-2H3. The van der Waals surface area contributed by atoms with Gasteiger partial charge >= 0.3 is 0 Å². The van der Waals surface area contributed by atoms with Crippen LogP contribution in [0.5, 0.6) is 11.5 Å². The SMILES string of the molecule is COc1ccc(OCc2ccccc2)c(F)c1C1(C)CCCN1. The average molecular weight is 315 g/mol. The van der Waals surface area contributed by atoms with Crippen molar-refractivity contribution in [3.63, 3.8) is 0 Å². The Labute approximate surface area is 136 Å². The van der Waals surface area contributed by atoms with Gasteiger partial charge in [0, 0.05) is 5.54 Å². The Balaban J connectivity index is 1.90. The van der Waals surface area contributed by atoms with Crippen molar-refractivity contribution in [3.05, 3.63) is 59.4 Å². The van der Waals surface area contributed by atoms with Crippen molar-refractivity contribution in [1.82, 2.24) is 5.32 Å². The molecule has 3 nitrogen and oxygen atoms in total. The Morgan fingerprint density at radius 2 is 1.87 bits per heavy atom. The molecular formula is C19H22FNO2. The highest BCUT2D eigenvalue weighted by Crippen LogP contribution is 2.41. The summed E-state index contributed by atoms with van der Waals surface area (Å²) < 4.78 is 26.2. The highest BCUT2D eigenvalue weighted by molar-refractivity contribution is 5.46. The molecule has 1 aliphatic heterocycles. The largest absolute Gasteiger partial charge is 0.496 e. The van der Waals surface area contributed by atoms with Crippen molar-refractivity contribution >= 4 is 0 Å². The summed E-state index contributed by atoms with van der Waals surface area (Å²) in [4.78, 5) is 0. The molecule has 1 saturated heterocycles. The molecule has 1 atom stereocenters. The van der Waals surface area contributed by atoms with Crippen molar-refractivity contribution in [2.45, 2.75) is 31.9 Å². The maximum Gasteiger partial charge on any atom is 0.173 e. The third-order valence-corrected chi connectivity index (χ3v) is 4.45. The minimum absolute atomic E-state index is 0.263. The maximum absolute atomic E-state index is 15.1. The van der Waals surface area contributed by atoms with E-state index in [1.807, 2.05) is 37.3 Å². The minimum Gasteiger partial charge on any atom is -0.496 e. The Bertz CT molecular complexity index is 667. The molecule has 1 heterocycles. The van der Waals surface area contributed by atoms with E-state index in [2.05, 4.69) is 5.32 Å². The van der Waals surface area contributed by atoms with Gasteiger partial charge in [-0.15, -0.1) is 0 Å². The van der Waals surface area contributed by atoms with Crippen LogP contribution in [0.15, 0.2) is 42.5 Å². The van der Waals surface area contributed by atoms with Crippen LogP contribution in [0.2, 0.25) is 0 Å². The van der Waals surface area contributed by atoms with Crippen molar-refractivity contribution in [2.75, 3.05) is 13.7 Å². The molecule has 23 heavy (non-hydrogen) atoms. The van der Waals surface area contributed by atoms with Crippen LogP contribution in [0.1, 0.15) is 30.9 Å². The van der Waals surface area contributed by atoms with E-state index in [1.165, 1.54) is 0 Å². The number of rotatable bonds is 5. The molecule has 0 saturated carbocycles. The van der Waals surface area contributed by atoms with Gasteiger partial charge in [0.15, 0.2) is 11.6 Å². The first-order valence-electron chi connectivity index (χ1n) is 7.93. The van der Waals surface area contributed by atoms with Crippen molar-refractivity contribution in [3.8, 4) is 11.5 Å². The summed E-state index contributed by atoms with van der Waals surface area (Å²) in [6, 6.07) is 13.2. The summed E-state index contributed by atoms with van der Waals surface area (Å²) >= 11 is 0. The molecule has 0 aromatic heterocycles. The van der Waals surface area contributed by atoms with Crippen LogP contribution >= 0.6 is 0 Å². The minimum atomic E-state index is -0.415. The predicted molar refractivity (Wildman–Crippen MR) is 88.3 cm³/mol. The lowest BCUT2D eigenvalue weighted by molar-refractivity contribution is 0.280. The van der Waals surface area contributed by atoms with E-state index < -0.39 is 5.54 Å². The van der Waals surface area contributed by atoms with E-state index in [0.717, 1.165) is 24.9 Å². The van der Waals surface area contributed by atoms with E-state index in [1.54, 1.807) is 19.2 Å². The second-order valence-electron chi connectivity index (χ2n) is 6.09. The fourth-order valence-electron chi connectivity index (χ4n) is 3.18. The van der Waals surface area contributed by atoms with E-state index in [4.69, 9.17) is 9.47 Å². The lowest BCUT2D eigenvalue weighted by Gasteiger charge is -2.28. The lowest BCUT2D eigenvalue weighted by atomic mass is 9.89. The Morgan fingerprint density at radius 3 is 2.52 bits per heavy atom. The van der Waals surface area contributed by atoms with Crippen LogP contribution in [0.4, 0.5) is 4.39 Å². The molecule has 0 radical (unpaired) electrons. The lowest BCUT2D eigenvalue weighted by Crippen LogP contribution is -2.34. The number of methoxy groups -OCH3 is 1. The van der Waals surface area contributed by atoms with Crippen LogP contribution in [-0.4, -0.2) is 13.7 Å². The smallest absolute Gasteiger partial charge is 0.173 e. The van der Waals surface area contributed by atoms with Gasteiger partial charge in [-0.3, -0.25) is 0 Å². The highest BCUT2D eigenvalue weighted by atomic mass is 19.1. The van der Waals surface area contributed by atoms with Gasteiger partial charge in [-0.2, -0.15) is 0 Å². The van der Waals surface area contributed by atoms with Crippen LogP contribution < -0.4 is 14.8 Å². The topological polar surface area (TPSA) is 30.5 Å². The third kappa shape index (κ3) is 3.17. The maximum atomic E-state index is 15.1. The third-order valence-electron chi connectivity index (χ3n) is 4.45. The molecule has 1 N–H and O–H groups in total. The Hall–Kier alpha value is -2.07. The predicted octanol–water partition coefficient (Wildman–Crippen LogP) is 4.01. The van der Waals surface area contributed by atoms with Gasteiger partial charge in [0.25, 0.3) is 0 Å². The van der Waals surface area contributed by atoms with E-state index in [0.29, 0.717) is 17.9 Å². The van der Waals surface area contributed by atoms with Crippen molar-refractivity contribution in [2.24, 2.45) is 0 Å². The molecule has 1 fully saturated rings. The molecule has 0 bridgehead atoms. The van der Waals surface area contributed by atoms with Gasteiger partial charge in [-0.1, -0.05) is 30.3 Å². The number of halogens is 1. The summed E-state index contributed by atoms with van der Waals surface area (Å²) in [5.41, 5.74) is 1.15. The van der Waals surface area contributed by atoms with Gasteiger partial charge in [-0.05, 0) is 44.0 Å². The van der Waals surface area contributed by atoms with E-state index in [9.17, 15) is 0 Å². The zero-order valence-electron chi connectivity index (χ0n) is 13.6. The molecule has 4 heteroatoms. The van der Waals surface area contributed by atoms with Crippen molar-refractivity contribution in [1.29, 1.82) is 0 Å². The van der Waals surface area contributed by atoms with Crippen LogP contribution in [-0.2, 0) is 12.1 Å². The van der Waals surface area contributed by atoms with Crippen LogP contribution in [0.3, 0.4) is 0 Å². The molecule has 0 aliphatic carbocycles. The average Bonchev–Trinajstić information content (AvgIpc) is 3.01. The molecule has 1 aliphatic rings. The van der Waals surface area contributed by atoms with E-state index >= 15 is 4.39 Å². The second kappa shape index (κ2) is 6.59. The fraction of sp³-hybridized carbons (Fsp3) is 0.368. The summed E-state index contributed by atoms with van der Waals surface area (Å²) in [6.07, 6.45) is 1.90. The van der Waals surface area contributed by atoms with Gasteiger partial charge < -0.3 is 14.8 Å². The molecule has 3 rings (SSSR count). The van der Waals surface area contributed by atoms with E-state index in [-0.39, 0.29) is 11.6 Å². The number of hydrogen-bond donors (Lipinski definition) is 1. The summed E-state index contributed by atoms with van der Waals surface area (Å²) in [5.74, 6) is 0.489. The zero-order valence-corrected chi connectivity index (χ0v) is 13.6. The Kier molecular flexibility index (Phi) is 4.53. The van der Waals surface area contributed by atoms with Crippen LogP contribution in [0, 0.1) is 5.82 Å². The number of benzene rings is 2. The number of ether oxygens (including phenoxy) is 2. The monoisotopic (exact) mass is 315 g/mol. The van der Waals surface area contributed by atoms with Crippen LogP contribution in [0.25, 0.3) is 0 Å². The summed E-state index contributed by atoms with van der Waals surface area (Å²) in [5, 5.41) is 3.39. The van der Waals surface area contributed by atoms with Crippen molar-refractivity contribution < 1.29 is 13.9 Å². The molecule has 2 aromatic carbocycles. The first-order valence-corrected chi connectivity index (χ1v) is 7.93. The first kappa shape index (κ1) is 15.8. The summed E-state index contributed by atoms with van der Waals surface area (Å²) in [6.45, 7) is 3.24. The van der Waals surface area contributed by atoms with Gasteiger partial charge in [0.05, 0.1) is 12.7 Å². The number of nitrogens with one attached hydrogen (secondary N) is 1. The second-order valence-corrected chi connectivity index (χ2v) is 6.09. The molecule has 0 spiro atoms. The normalized spacial score (nSPS) is 20.5. The molecular weight excluding hydrogens is 293 g/mol. The molecule has 0 amide bonds. The molecule has 2 aromatic rings. The fourth-order valence-corrected chi connectivity index (χ4v) is 3.18. The number of hydrogen-bond acceptors (Lipinski definition) is 3. The first-order chi connectivity index (χ1) is 11.1. The van der Waals surface area contributed by atoms with Gasteiger partial charge in [0.1, 0.15) is 12.4 Å². The molecule has 122 valence electrons. The summed E-state index contributed by atoms with van der Waals surface area (Å²) in [7, 11) is 1.57. The quantitative estimate of drug-likeness (QED) is 0.904. The van der Waals surface area contributed by atoms with Gasteiger partial charge in [0.2, 0.25) is 0 Å². The Morgan fingerprint density at radius 1 is 1.13 bits per heavy atom.